The normalized spacial score (nSPS) is 13.7. The number of likely N-dealkylation sites (N-methyl/N-ethyl adjacent to an activating group) is 1. The molecule has 0 saturated carbocycles. The van der Waals surface area contributed by atoms with Crippen molar-refractivity contribution in [2.45, 2.75) is 153 Å². The van der Waals surface area contributed by atoms with Crippen LogP contribution in [0.25, 0.3) is 10.8 Å². The number of rotatable bonds is 40. The second-order valence-electron chi connectivity index (χ2n) is 21.6. The van der Waals surface area contributed by atoms with Gasteiger partial charge in [0, 0.05) is 32.9 Å². The summed E-state index contributed by atoms with van der Waals surface area (Å²) >= 11 is 0. The fourth-order valence-corrected chi connectivity index (χ4v) is 9.57. The third kappa shape index (κ3) is 26.3. The Bertz CT molecular complexity index is 2910. The molecule has 0 aliphatic carbocycles. The lowest BCUT2D eigenvalue weighted by Gasteiger charge is -2.27. The number of hydrogen-bond donors (Lipinski definition) is 11. The Morgan fingerprint density at radius 3 is 1.69 bits per heavy atom. The zero-order valence-corrected chi connectivity index (χ0v) is 51.4. The molecule has 12 N–H and O–H groups in total. The van der Waals surface area contributed by atoms with Gasteiger partial charge in [0.1, 0.15) is 36.8 Å². The topological polar surface area (TPSA) is 322 Å². The summed E-state index contributed by atoms with van der Waals surface area (Å²) in [4.78, 5) is 129. The highest BCUT2D eigenvalue weighted by Gasteiger charge is 2.33. The molecule has 0 aliphatic heterocycles. The van der Waals surface area contributed by atoms with Crippen molar-refractivity contribution >= 4 is 69.8 Å². The quantitative estimate of drug-likeness (QED) is 0.0100. The minimum Gasteiger partial charge on any atom is -0.461 e. The standard InChI is InChI=1S/C65H92N12O10/c1-8-10-12-24-50(44(4)78)73-62(84)53(33-34-58(80)87-37-9-2)72-57(79)42-71-59(81)55(41-47-31-32-48-22-15-16-23-49(48)38-47)76-61(83)52(26-19-36-70-65(66)69-7)74-60(82)51(25-17-18-35-67-5)75-64(86)56(40-46-29-27-43(3)28-30-46)77-63(85)54(68-6)39-45-20-13-11-14-21-45/h9,11,13-16,20-23,27-32,38,50-56,67-68H,2,8,10,12,17-19,24-26,33-37,39-42H2,1,3-7H3,(H,71,81)(H,72,79)(H,73,84)(H,74,82)(H,75,86)(H,76,83)(H,77,85)(H3,66,69,70)/t50-,51-,52+,53+,54-,55-,56-/m0/s1. The van der Waals surface area contributed by atoms with E-state index >= 15 is 0 Å². The number of Topliss-reactive ketones (excluding diaryl/α,β-unsaturated/α-hetero) is 1. The van der Waals surface area contributed by atoms with Crippen molar-refractivity contribution < 1.29 is 47.9 Å². The highest BCUT2D eigenvalue weighted by molar-refractivity contribution is 5.97. The maximum Gasteiger partial charge on any atom is 0.306 e. The van der Waals surface area contributed by atoms with Gasteiger partial charge in [-0.2, -0.15) is 0 Å². The van der Waals surface area contributed by atoms with Gasteiger partial charge in [-0.25, -0.2) is 0 Å². The van der Waals surface area contributed by atoms with Crippen molar-refractivity contribution in [2.24, 2.45) is 10.7 Å². The van der Waals surface area contributed by atoms with Crippen LogP contribution in [0.5, 0.6) is 0 Å². The number of amides is 7. The van der Waals surface area contributed by atoms with Crippen LogP contribution in [-0.4, -0.2) is 149 Å². The van der Waals surface area contributed by atoms with Crippen LogP contribution in [0.2, 0.25) is 0 Å². The van der Waals surface area contributed by atoms with Crippen LogP contribution in [0.3, 0.4) is 0 Å². The van der Waals surface area contributed by atoms with Crippen molar-refractivity contribution in [2.75, 3.05) is 47.4 Å². The lowest BCUT2D eigenvalue weighted by Crippen LogP contribution is -2.59. The summed E-state index contributed by atoms with van der Waals surface area (Å²) in [6, 6.07) is 22.4. The van der Waals surface area contributed by atoms with Gasteiger partial charge in [0.05, 0.1) is 18.6 Å². The van der Waals surface area contributed by atoms with E-state index in [2.05, 4.69) is 64.7 Å². The monoisotopic (exact) mass is 1200 g/mol. The number of fused-ring (bicyclic) bond motifs is 1. The molecule has 4 rings (SSSR count). The Morgan fingerprint density at radius 2 is 1.07 bits per heavy atom. The van der Waals surface area contributed by atoms with E-state index < -0.39 is 96.2 Å². The number of guanidine groups is 1. The molecule has 4 aromatic rings. The lowest BCUT2D eigenvalue weighted by molar-refractivity contribution is -0.143. The van der Waals surface area contributed by atoms with E-state index in [9.17, 15) is 43.2 Å². The second kappa shape index (κ2) is 39.2. The summed E-state index contributed by atoms with van der Waals surface area (Å²) in [6.45, 7) is 8.97. The largest absolute Gasteiger partial charge is 0.461 e. The van der Waals surface area contributed by atoms with Crippen LogP contribution < -0.4 is 58.9 Å². The number of esters is 1. The molecule has 22 nitrogen and oxygen atoms in total. The predicted octanol–water partition coefficient (Wildman–Crippen LogP) is 3.17. The average Bonchev–Trinajstić information content (AvgIpc) is 2.54. The Morgan fingerprint density at radius 1 is 0.552 bits per heavy atom. The summed E-state index contributed by atoms with van der Waals surface area (Å²) in [7, 11) is 4.98. The molecule has 472 valence electrons. The van der Waals surface area contributed by atoms with Crippen molar-refractivity contribution in [3.8, 4) is 0 Å². The van der Waals surface area contributed by atoms with Crippen molar-refractivity contribution in [3.05, 3.63) is 132 Å². The van der Waals surface area contributed by atoms with Crippen LogP contribution in [0, 0.1) is 6.92 Å². The fourth-order valence-electron chi connectivity index (χ4n) is 9.57. The van der Waals surface area contributed by atoms with Crippen LogP contribution in [0.4, 0.5) is 0 Å². The highest BCUT2D eigenvalue weighted by Crippen LogP contribution is 2.18. The first-order valence-electron chi connectivity index (χ1n) is 30.1. The number of carbonyl (C=O) groups is 9. The molecule has 87 heavy (non-hydrogen) atoms. The molecule has 22 heteroatoms. The van der Waals surface area contributed by atoms with Crippen LogP contribution in [-0.2, 0) is 67.2 Å². The third-order valence-electron chi connectivity index (χ3n) is 14.7. The molecule has 0 saturated heterocycles. The van der Waals surface area contributed by atoms with Crippen LogP contribution >= 0.6 is 0 Å². The van der Waals surface area contributed by atoms with Gasteiger partial charge in [-0.3, -0.25) is 48.1 Å². The second-order valence-corrected chi connectivity index (χ2v) is 21.6. The Kier molecular flexibility index (Phi) is 32.0. The number of nitrogens with two attached hydrogens (primary N) is 1. The van der Waals surface area contributed by atoms with Gasteiger partial charge < -0.3 is 63.6 Å². The number of benzene rings is 4. The average molecular weight is 1200 g/mol. The van der Waals surface area contributed by atoms with E-state index in [-0.39, 0.29) is 69.8 Å². The van der Waals surface area contributed by atoms with Gasteiger partial charge in [-0.1, -0.05) is 141 Å². The lowest BCUT2D eigenvalue weighted by atomic mass is 10.00. The number of ketones is 1. The maximum absolute atomic E-state index is 14.9. The fraction of sp³-hybridized carbons (Fsp3) is 0.477. The first kappa shape index (κ1) is 71.0. The number of unbranched alkanes of at least 4 members (excludes halogenated alkanes) is 3. The third-order valence-corrected chi connectivity index (χ3v) is 14.7. The molecule has 0 bridgehead atoms. The van der Waals surface area contributed by atoms with E-state index in [1.807, 2.05) is 111 Å². The molecular formula is C65H92N12O10. The summed E-state index contributed by atoms with van der Waals surface area (Å²) < 4.78 is 5.10. The summed E-state index contributed by atoms with van der Waals surface area (Å²) in [6.07, 6.45) is 5.62. The minimum absolute atomic E-state index is 0.0152. The number of aliphatic imine (C=N–C) groups is 1. The summed E-state index contributed by atoms with van der Waals surface area (Å²) in [5.41, 5.74) is 9.26. The number of carbonyl (C=O) groups excluding carboxylic acids is 9. The van der Waals surface area contributed by atoms with Crippen molar-refractivity contribution in [1.29, 1.82) is 0 Å². The molecule has 0 spiro atoms. The predicted molar refractivity (Wildman–Crippen MR) is 338 cm³/mol. The number of nitrogens with zero attached hydrogens (tertiary/aromatic N) is 1. The Labute approximate surface area is 512 Å². The van der Waals surface area contributed by atoms with E-state index in [1.54, 1.807) is 14.1 Å². The molecule has 0 aromatic heterocycles. The minimum atomic E-state index is -1.35. The Balaban J connectivity index is 1.65. The smallest absolute Gasteiger partial charge is 0.306 e. The van der Waals surface area contributed by atoms with Crippen LogP contribution in [0.1, 0.15) is 107 Å². The number of ether oxygens (including phenoxy) is 1. The molecule has 7 atom stereocenters. The highest BCUT2D eigenvalue weighted by atomic mass is 16.5. The number of nitrogens with one attached hydrogen (secondary N) is 10. The maximum atomic E-state index is 14.9. The van der Waals surface area contributed by atoms with E-state index in [0.29, 0.717) is 44.2 Å². The molecule has 4 aromatic carbocycles. The number of aryl methyl sites for hydroxylation is 1. The zero-order chi connectivity index (χ0) is 63.5. The molecule has 7 amide bonds. The van der Waals surface area contributed by atoms with Gasteiger partial charge in [-0.15, -0.1) is 0 Å². The van der Waals surface area contributed by atoms with Gasteiger partial charge in [0.25, 0.3) is 0 Å². The zero-order valence-electron chi connectivity index (χ0n) is 51.4. The van der Waals surface area contributed by atoms with E-state index in [4.69, 9.17) is 10.5 Å². The Hall–Kier alpha value is -8.50. The molecule has 0 radical (unpaired) electrons. The summed E-state index contributed by atoms with van der Waals surface area (Å²) in [5.74, 6) is -5.57. The van der Waals surface area contributed by atoms with Crippen molar-refractivity contribution in [1.82, 2.24) is 53.2 Å². The van der Waals surface area contributed by atoms with Gasteiger partial charge in [-0.05, 0) is 113 Å². The number of hydrogen-bond acceptors (Lipinski definition) is 13. The van der Waals surface area contributed by atoms with E-state index in [0.717, 1.165) is 40.3 Å². The molecule has 0 unspecified atom stereocenters. The molecule has 0 fully saturated rings. The molecule has 0 aliphatic rings. The van der Waals surface area contributed by atoms with Gasteiger partial charge >= 0.3 is 5.97 Å². The first-order chi connectivity index (χ1) is 41.9. The van der Waals surface area contributed by atoms with Crippen molar-refractivity contribution in [3.63, 3.8) is 0 Å². The summed E-state index contributed by atoms with van der Waals surface area (Å²) in [5, 5.41) is 30.4. The first-order valence-corrected chi connectivity index (χ1v) is 30.1. The molecule has 0 heterocycles. The van der Waals surface area contributed by atoms with Gasteiger partial charge in [0.2, 0.25) is 41.4 Å². The van der Waals surface area contributed by atoms with Crippen LogP contribution in [0.15, 0.2) is 115 Å². The van der Waals surface area contributed by atoms with Gasteiger partial charge in [0.15, 0.2) is 11.7 Å². The molecular weight excluding hydrogens is 1110 g/mol. The SMILES string of the molecule is C=CCOC(=O)CC[C@@H](NC(=O)CNC(=O)[C@H](Cc1ccc2ccccc2c1)NC(=O)[C@@H](CCCNC(N)=NC)NC(=O)[C@H](CCCCNC)NC(=O)[C@H](Cc1ccc(C)cc1)NC(=O)[C@H](Cc1ccccc1)NC)C(=O)N[C@@H](CCCCC)C(C)=O. The van der Waals surface area contributed by atoms with E-state index in [1.165, 1.54) is 20.0 Å².